The fourth-order valence-corrected chi connectivity index (χ4v) is 1.44. The van der Waals surface area contributed by atoms with Gasteiger partial charge in [0.15, 0.2) is 0 Å². The molecule has 4 nitrogen and oxygen atoms in total. The number of amides is 1. The maximum absolute atomic E-state index is 11.6. The summed E-state index contributed by atoms with van der Waals surface area (Å²) in [5.74, 6) is -1.33. The molecule has 0 bridgehead atoms. The van der Waals surface area contributed by atoms with Crippen LogP contribution in [-0.2, 0) is 9.59 Å². The van der Waals surface area contributed by atoms with Crippen LogP contribution >= 0.6 is 0 Å². The van der Waals surface area contributed by atoms with E-state index in [9.17, 15) is 9.59 Å². The van der Waals surface area contributed by atoms with Gasteiger partial charge in [0.05, 0.1) is 0 Å². The maximum atomic E-state index is 11.6. The molecule has 14 heavy (non-hydrogen) atoms. The number of carboxylic acid groups (broad SMARTS) is 1. The van der Waals surface area contributed by atoms with Gasteiger partial charge >= 0.3 is 5.97 Å². The van der Waals surface area contributed by atoms with E-state index in [0.717, 1.165) is 0 Å². The second-order valence-corrected chi connectivity index (χ2v) is 4.13. The van der Waals surface area contributed by atoms with E-state index in [4.69, 9.17) is 5.11 Å². The van der Waals surface area contributed by atoms with Crippen molar-refractivity contribution >= 4 is 11.9 Å². The third kappa shape index (κ3) is 3.01. The van der Waals surface area contributed by atoms with Gasteiger partial charge < -0.3 is 10.0 Å². The highest BCUT2D eigenvalue weighted by Gasteiger charge is 2.30. The van der Waals surface area contributed by atoms with Crippen molar-refractivity contribution in [3.63, 3.8) is 0 Å². The average Bonchev–Trinajstić information content (AvgIpc) is 2.01. The lowest BCUT2D eigenvalue weighted by molar-refractivity contribution is -0.152. The molecule has 0 saturated heterocycles. The first-order valence-corrected chi connectivity index (χ1v) is 4.78. The Bertz CT molecular complexity index is 223. The molecule has 0 aliphatic rings. The van der Waals surface area contributed by atoms with Crippen LogP contribution < -0.4 is 0 Å². The van der Waals surface area contributed by atoms with Gasteiger partial charge in [-0.2, -0.15) is 0 Å². The molecule has 4 heteroatoms. The fraction of sp³-hybridized carbons (Fsp3) is 0.800. The van der Waals surface area contributed by atoms with Crippen molar-refractivity contribution < 1.29 is 14.7 Å². The van der Waals surface area contributed by atoms with E-state index >= 15 is 0 Å². The highest BCUT2D eigenvalue weighted by molar-refractivity contribution is 5.84. The summed E-state index contributed by atoms with van der Waals surface area (Å²) in [6, 6.07) is -0.732. The summed E-state index contributed by atoms with van der Waals surface area (Å²) in [4.78, 5) is 23.8. The number of hydrogen-bond donors (Lipinski definition) is 1. The molecule has 0 spiro atoms. The minimum absolute atomic E-state index is 0.0831. The predicted molar refractivity (Wildman–Crippen MR) is 53.9 cm³/mol. The van der Waals surface area contributed by atoms with Crippen LogP contribution in [0.2, 0.25) is 0 Å². The molecule has 1 atom stereocenters. The summed E-state index contributed by atoms with van der Waals surface area (Å²) < 4.78 is 0. The van der Waals surface area contributed by atoms with E-state index in [1.165, 1.54) is 4.90 Å². The molecule has 82 valence electrons. The smallest absolute Gasteiger partial charge is 0.326 e. The molecule has 0 aliphatic carbocycles. The average molecular weight is 201 g/mol. The van der Waals surface area contributed by atoms with Crippen LogP contribution in [0.1, 0.15) is 27.7 Å². The summed E-state index contributed by atoms with van der Waals surface area (Å²) in [5.41, 5.74) is 0. The Morgan fingerprint density at radius 1 is 1.14 bits per heavy atom. The van der Waals surface area contributed by atoms with Gasteiger partial charge in [-0.25, -0.2) is 4.79 Å². The molecule has 1 unspecified atom stereocenters. The van der Waals surface area contributed by atoms with Gasteiger partial charge in [-0.1, -0.05) is 27.7 Å². The zero-order valence-electron chi connectivity index (χ0n) is 9.44. The monoisotopic (exact) mass is 201 g/mol. The number of rotatable bonds is 4. The molecule has 0 aromatic heterocycles. The van der Waals surface area contributed by atoms with Crippen LogP contribution in [0.15, 0.2) is 0 Å². The van der Waals surface area contributed by atoms with Gasteiger partial charge in [0.2, 0.25) is 5.91 Å². The highest BCUT2D eigenvalue weighted by atomic mass is 16.4. The Morgan fingerprint density at radius 3 is 1.79 bits per heavy atom. The standard InChI is InChI=1S/C10H19NO3/c1-6(2)8(10(13)14)11(5)9(12)7(3)4/h6-8H,1-5H3,(H,13,14). The third-order valence-electron chi connectivity index (χ3n) is 2.14. The van der Waals surface area contributed by atoms with Crippen LogP contribution in [0.4, 0.5) is 0 Å². The molecule has 0 aromatic rings. The van der Waals surface area contributed by atoms with Crippen molar-refractivity contribution in [3.8, 4) is 0 Å². The van der Waals surface area contributed by atoms with E-state index < -0.39 is 12.0 Å². The Morgan fingerprint density at radius 2 is 1.57 bits per heavy atom. The summed E-state index contributed by atoms with van der Waals surface area (Å²) in [6.07, 6.45) is 0. The SMILES string of the molecule is CC(C)C(=O)N(C)C(C(=O)O)C(C)C. The van der Waals surface area contributed by atoms with Crippen LogP contribution in [-0.4, -0.2) is 35.0 Å². The van der Waals surface area contributed by atoms with Crippen LogP contribution in [0.25, 0.3) is 0 Å². The number of carbonyl (C=O) groups excluding carboxylic acids is 1. The zero-order chi connectivity index (χ0) is 11.5. The van der Waals surface area contributed by atoms with Crippen molar-refractivity contribution in [1.29, 1.82) is 0 Å². The molecule has 0 radical (unpaired) electrons. The Hall–Kier alpha value is -1.06. The zero-order valence-corrected chi connectivity index (χ0v) is 9.44. The first-order chi connectivity index (χ1) is 6.29. The van der Waals surface area contributed by atoms with Gasteiger partial charge in [-0.15, -0.1) is 0 Å². The molecule has 1 N–H and O–H groups in total. The predicted octanol–water partition coefficient (Wildman–Crippen LogP) is 1.21. The fourth-order valence-electron chi connectivity index (χ4n) is 1.44. The van der Waals surface area contributed by atoms with E-state index in [0.29, 0.717) is 0 Å². The second kappa shape index (κ2) is 4.98. The highest BCUT2D eigenvalue weighted by Crippen LogP contribution is 2.12. The number of aliphatic carboxylic acids is 1. The molecular weight excluding hydrogens is 182 g/mol. The van der Waals surface area contributed by atoms with Crippen LogP contribution in [0, 0.1) is 11.8 Å². The number of hydrogen-bond acceptors (Lipinski definition) is 2. The summed E-state index contributed by atoms with van der Waals surface area (Å²) in [5, 5.41) is 8.95. The van der Waals surface area contributed by atoms with Crippen molar-refractivity contribution in [3.05, 3.63) is 0 Å². The van der Waals surface area contributed by atoms with Crippen molar-refractivity contribution in [2.45, 2.75) is 33.7 Å². The first kappa shape index (κ1) is 12.9. The quantitative estimate of drug-likeness (QED) is 0.743. The molecule has 0 rings (SSSR count). The lowest BCUT2D eigenvalue weighted by atomic mass is 10.0. The third-order valence-corrected chi connectivity index (χ3v) is 2.14. The topological polar surface area (TPSA) is 57.6 Å². The molecule has 0 fully saturated rings. The largest absolute Gasteiger partial charge is 0.480 e. The molecule has 0 heterocycles. The van der Waals surface area contributed by atoms with Crippen LogP contribution in [0.3, 0.4) is 0 Å². The second-order valence-electron chi connectivity index (χ2n) is 4.13. The molecule has 1 amide bonds. The van der Waals surface area contributed by atoms with Crippen molar-refractivity contribution in [1.82, 2.24) is 4.90 Å². The molecule has 0 saturated carbocycles. The summed E-state index contributed by atoms with van der Waals surface area (Å²) in [7, 11) is 1.54. The number of nitrogens with zero attached hydrogens (tertiary/aromatic N) is 1. The van der Waals surface area contributed by atoms with E-state index in [1.807, 2.05) is 0 Å². The van der Waals surface area contributed by atoms with Crippen LogP contribution in [0.5, 0.6) is 0 Å². The minimum atomic E-state index is -0.948. The summed E-state index contributed by atoms with van der Waals surface area (Å²) >= 11 is 0. The van der Waals surface area contributed by atoms with E-state index in [-0.39, 0.29) is 17.7 Å². The Labute approximate surface area is 84.9 Å². The van der Waals surface area contributed by atoms with E-state index in [2.05, 4.69) is 0 Å². The minimum Gasteiger partial charge on any atom is -0.480 e. The lowest BCUT2D eigenvalue weighted by Gasteiger charge is -2.29. The van der Waals surface area contributed by atoms with Gasteiger partial charge in [-0.05, 0) is 5.92 Å². The normalized spacial score (nSPS) is 13.1. The number of carboxylic acids is 1. The van der Waals surface area contributed by atoms with E-state index in [1.54, 1.807) is 34.7 Å². The number of likely N-dealkylation sites (N-methyl/N-ethyl adjacent to an activating group) is 1. The van der Waals surface area contributed by atoms with Crippen molar-refractivity contribution in [2.24, 2.45) is 11.8 Å². The van der Waals surface area contributed by atoms with Crippen molar-refractivity contribution in [2.75, 3.05) is 7.05 Å². The Kier molecular flexibility index (Phi) is 4.60. The van der Waals surface area contributed by atoms with Gasteiger partial charge in [-0.3, -0.25) is 4.79 Å². The first-order valence-electron chi connectivity index (χ1n) is 4.78. The van der Waals surface area contributed by atoms with Gasteiger partial charge in [0, 0.05) is 13.0 Å². The van der Waals surface area contributed by atoms with Gasteiger partial charge in [0.1, 0.15) is 6.04 Å². The summed E-state index contributed by atoms with van der Waals surface area (Å²) in [6.45, 7) is 7.11. The Balaban J connectivity index is 4.68. The lowest BCUT2D eigenvalue weighted by Crippen LogP contribution is -2.47. The number of carbonyl (C=O) groups is 2. The molecular formula is C10H19NO3. The maximum Gasteiger partial charge on any atom is 0.326 e. The molecule has 0 aromatic carbocycles. The van der Waals surface area contributed by atoms with Gasteiger partial charge in [0.25, 0.3) is 0 Å². The molecule has 0 aliphatic heterocycles.